The minimum atomic E-state index is -3.43. The summed E-state index contributed by atoms with van der Waals surface area (Å²) < 4.78 is 32.1. The number of amides is 1. The van der Waals surface area contributed by atoms with Crippen LogP contribution in [0.2, 0.25) is 0 Å². The summed E-state index contributed by atoms with van der Waals surface area (Å²) in [6, 6.07) is 16.1. The van der Waals surface area contributed by atoms with Gasteiger partial charge < -0.3 is 9.64 Å². The first kappa shape index (κ1) is 19.6. The molecule has 0 aromatic heterocycles. The van der Waals surface area contributed by atoms with Crippen molar-refractivity contribution in [2.45, 2.75) is 18.3 Å². The third kappa shape index (κ3) is 4.18. The monoisotopic (exact) mass is 414 g/mol. The molecule has 2 aromatic rings. The molecule has 2 aliphatic rings. The molecule has 0 radical (unpaired) electrons. The Bertz CT molecular complexity index is 1010. The number of fused-ring (bicyclic) bond motifs is 1. The average Bonchev–Trinajstić information content (AvgIpc) is 3.04. The van der Waals surface area contributed by atoms with E-state index in [0.717, 1.165) is 11.1 Å². The number of ether oxygens (including phenoxy) is 1. The molecule has 0 aliphatic carbocycles. The van der Waals surface area contributed by atoms with Crippen molar-refractivity contribution in [1.82, 2.24) is 9.21 Å². The van der Waals surface area contributed by atoms with Gasteiger partial charge in [0.15, 0.2) is 0 Å². The molecule has 29 heavy (non-hydrogen) atoms. The summed E-state index contributed by atoms with van der Waals surface area (Å²) in [5.41, 5.74) is 1.98. The summed E-state index contributed by atoms with van der Waals surface area (Å²) in [4.78, 5) is 26.2. The van der Waals surface area contributed by atoms with Crippen molar-refractivity contribution in [2.24, 2.45) is 0 Å². The van der Waals surface area contributed by atoms with Gasteiger partial charge >= 0.3 is 5.97 Å². The number of benzene rings is 2. The van der Waals surface area contributed by atoms with Gasteiger partial charge in [0.25, 0.3) is 0 Å². The first-order chi connectivity index (χ1) is 13.9. The van der Waals surface area contributed by atoms with E-state index in [1.165, 1.54) is 4.31 Å². The second-order valence-corrected chi connectivity index (χ2v) is 9.18. The van der Waals surface area contributed by atoms with Gasteiger partial charge in [-0.2, -0.15) is 4.31 Å². The molecular formula is C21H22N2O5S. The van der Waals surface area contributed by atoms with Crippen LogP contribution in [0.1, 0.15) is 34.0 Å². The maximum Gasteiger partial charge on any atom is 0.339 e. The molecule has 1 atom stereocenters. The van der Waals surface area contributed by atoms with Gasteiger partial charge in [-0.1, -0.05) is 48.5 Å². The lowest BCUT2D eigenvalue weighted by molar-refractivity contribution is -0.134. The smallest absolute Gasteiger partial charge is 0.339 e. The van der Waals surface area contributed by atoms with Gasteiger partial charge in [0.1, 0.15) is 6.10 Å². The molecule has 0 saturated carbocycles. The fourth-order valence-electron chi connectivity index (χ4n) is 3.75. The number of rotatable bonds is 5. The van der Waals surface area contributed by atoms with E-state index in [1.807, 2.05) is 24.3 Å². The quantitative estimate of drug-likeness (QED) is 0.699. The lowest BCUT2D eigenvalue weighted by atomic mass is 10.0. The van der Waals surface area contributed by atoms with Crippen LogP contribution in [-0.4, -0.2) is 55.7 Å². The van der Waals surface area contributed by atoms with E-state index in [4.69, 9.17) is 4.74 Å². The van der Waals surface area contributed by atoms with Crippen LogP contribution < -0.4 is 0 Å². The second-order valence-electron chi connectivity index (χ2n) is 7.21. The third-order valence-corrected chi connectivity index (χ3v) is 7.16. The minimum Gasteiger partial charge on any atom is -0.453 e. The number of sulfonamides is 1. The van der Waals surface area contributed by atoms with Gasteiger partial charge in [-0.15, -0.1) is 0 Å². The summed E-state index contributed by atoms with van der Waals surface area (Å²) in [6.07, 6.45) is -0.509. The first-order valence-electron chi connectivity index (χ1n) is 9.53. The van der Waals surface area contributed by atoms with E-state index < -0.39 is 22.1 Å². The maximum absolute atomic E-state index is 12.7. The Morgan fingerprint density at radius 1 is 0.966 bits per heavy atom. The van der Waals surface area contributed by atoms with Crippen LogP contribution >= 0.6 is 0 Å². The predicted octanol–water partition coefficient (Wildman–Crippen LogP) is 1.96. The van der Waals surface area contributed by atoms with E-state index in [9.17, 15) is 18.0 Å². The lowest BCUT2D eigenvalue weighted by Gasteiger charge is -2.34. The molecule has 0 bridgehead atoms. The normalized spacial score (nSPS) is 19.7. The fourth-order valence-corrected chi connectivity index (χ4v) is 5.27. The van der Waals surface area contributed by atoms with Gasteiger partial charge in [-0.25, -0.2) is 13.2 Å². The molecule has 2 aromatic carbocycles. The number of piperazine rings is 1. The molecular weight excluding hydrogens is 392 g/mol. The molecule has 2 aliphatic heterocycles. The van der Waals surface area contributed by atoms with Crippen LogP contribution in [0.25, 0.3) is 0 Å². The molecule has 0 unspecified atom stereocenters. The number of esters is 1. The Kier molecular flexibility index (Phi) is 5.38. The Morgan fingerprint density at radius 3 is 2.34 bits per heavy atom. The second kappa shape index (κ2) is 7.96. The Labute approximate surface area is 169 Å². The number of carbonyl (C=O) groups is 2. The van der Waals surface area contributed by atoms with E-state index in [-0.39, 0.29) is 31.2 Å². The van der Waals surface area contributed by atoms with Crippen LogP contribution in [-0.2, 0) is 25.3 Å². The van der Waals surface area contributed by atoms with Gasteiger partial charge in [0.2, 0.25) is 15.9 Å². The van der Waals surface area contributed by atoms with Gasteiger partial charge in [0, 0.05) is 31.7 Å². The van der Waals surface area contributed by atoms with E-state index in [1.54, 1.807) is 35.2 Å². The number of cyclic esters (lactones) is 1. The predicted molar refractivity (Wildman–Crippen MR) is 106 cm³/mol. The Hall–Kier alpha value is -2.71. The number of carbonyl (C=O) groups excluding carboxylic acids is 2. The topological polar surface area (TPSA) is 84.0 Å². The van der Waals surface area contributed by atoms with Gasteiger partial charge in [-0.05, 0) is 11.6 Å². The van der Waals surface area contributed by atoms with Crippen LogP contribution in [0, 0.1) is 0 Å². The number of hydrogen-bond donors (Lipinski definition) is 0. The zero-order valence-corrected chi connectivity index (χ0v) is 16.7. The summed E-state index contributed by atoms with van der Waals surface area (Å²) in [6.45, 7) is 1.19. The fraction of sp³-hybridized carbons (Fsp3) is 0.333. The van der Waals surface area contributed by atoms with Crippen molar-refractivity contribution in [3.05, 3.63) is 71.3 Å². The molecule has 1 saturated heterocycles. The van der Waals surface area contributed by atoms with Crippen molar-refractivity contribution >= 4 is 21.9 Å². The minimum absolute atomic E-state index is 0.0450. The van der Waals surface area contributed by atoms with Crippen LogP contribution in [0.5, 0.6) is 0 Å². The Balaban J connectivity index is 1.34. The largest absolute Gasteiger partial charge is 0.453 e. The molecule has 152 valence electrons. The highest BCUT2D eigenvalue weighted by atomic mass is 32.2. The highest BCUT2D eigenvalue weighted by molar-refractivity contribution is 7.88. The van der Waals surface area contributed by atoms with Crippen molar-refractivity contribution in [1.29, 1.82) is 0 Å². The zero-order valence-electron chi connectivity index (χ0n) is 15.9. The average molecular weight is 414 g/mol. The summed E-state index contributed by atoms with van der Waals surface area (Å²) >= 11 is 0. The highest BCUT2D eigenvalue weighted by Crippen LogP contribution is 2.33. The standard InChI is InChI=1S/C21H22N2O5S/c24-20(14-19-17-8-4-5-9-18(17)21(25)28-19)22-10-12-23(13-11-22)29(26,27)15-16-6-2-1-3-7-16/h1-9,19H,10-15H2/t19-/m1/s1. The summed E-state index contributed by atoms with van der Waals surface area (Å²) in [5, 5.41) is 0. The summed E-state index contributed by atoms with van der Waals surface area (Å²) in [5.74, 6) is -0.591. The van der Waals surface area contributed by atoms with E-state index in [0.29, 0.717) is 18.7 Å². The Morgan fingerprint density at radius 2 is 1.62 bits per heavy atom. The zero-order chi connectivity index (χ0) is 20.4. The maximum atomic E-state index is 12.7. The molecule has 0 spiro atoms. The molecule has 8 heteroatoms. The van der Waals surface area contributed by atoms with E-state index >= 15 is 0 Å². The van der Waals surface area contributed by atoms with Crippen LogP contribution in [0.3, 0.4) is 0 Å². The van der Waals surface area contributed by atoms with Crippen LogP contribution in [0.4, 0.5) is 0 Å². The number of hydrogen-bond acceptors (Lipinski definition) is 5. The SMILES string of the molecule is O=C1O[C@H](CC(=O)N2CCN(S(=O)(=O)Cc3ccccc3)CC2)c2ccccc21. The van der Waals surface area contributed by atoms with Crippen molar-refractivity contribution in [3.8, 4) is 0 Å². The van der Waals surface area contributed by atoms with Gasteiger partial charge in [0.05, 0.1) is 17.7 Å². The molecule has 7 nitrogen and oxygen atoms in total. The summed E-state index contributed by atoms with van der Waals surface area (Å²) in [7, 11) is -3.43. The van der Waals surface area contributed by atoms with Crippen molar-refractivity contribution in [2.75, 3.05) is 26.2 Å². The highest BCUT2D eigenvalue weighted by Gasteiger charge is 2.35. The molecule has 2 heterocycles. The molecule has 4 rings (SSSR count). The van der Waals surface area contributed by atoms with E-state index in [2.05, 4.69) is 0 Å². The molecule has 1 fully saturated rings. The first-order valence-corrected chi connectivity index (χ1v) is 11.1. The third-order valence-electron chi connectivity index (χ3n) is 5.31. The van der Waals surface area contributed by atoms with Gasteiger partial charge in [-0.3, -0.25) is 4.79 Å². The van der Waals surface area contributed by atoms with Crippen molar-refractivity contribution < 1.29 is 22.7 Å². The van der Waals surface area contributed by atoms with Crippen LogP contribution in [0.15, 0.2) is 54.6 Å². The van der Waals surface area contributed by atoms with Crippen molar-refractivity contribution in [3.63, 3.8) is 0 Å². The lowest BCUT2D eigenvalue weighted by Crippen LogP contribution is -2.50. The molecule has 0 N–H and O–H groups in total. The number of nitrogens with zero attached hydrogens (tertiary/aromatic N) is 2. The molecule has 1 amide bonds.